The number of alkyl halides is 3. The molecule has 0 saturated carbocycles. The molecule has 0 aliphatic carbocycles. The molecular formula is C27H19F3N8O2. The molecule has 0 fully saturated rings. The van der Waals surface area contributed by atoms with Crippen LogP contribution >= 0.6 is 0 Å². The van der Waals surface area contributed by atoms with Gasteiger partial charge in [0.2, 0.25) is 11.8 Å². The van der Waals surface area contributed by atoms with Crippen molar-refractivity contribution in [1.82, 2.24) is 29.7 Å². The van der Waals surface area contributed by atoms with Crippen molar-refractivity contribution in [3.05, 3.63) is 89.1 Å². The molecule has 0 saturated heterocycles. The second kappa shape index (κ2) is 8.21. The zero-order chi connectivity index (χ0) is 27.8. The highest BCUT2D eigenvalue weighted by molar-refractivity contribution is 6.16. The molecule has 40 heavy (non-hydrogen) atoms. The zero-order valence-corrected chi connectivity index (χ0v) is 20.8. The lowest BCUT2D eigenvalue weighted by molar-refractivity contribution is -0.137. The van der Waals surface area contributed by atoms with Gasteiger partial charge in [-0.2, -0.15) is 23.0 Å². The van der Waals surface area contributed by atoms with Gasteiger partial charge in [-0.1, -0.05) is 30.3 Å². The monoisotopic (exact) mass is 544 g/mol. The smallest absolute Gasteiger partial charge is 0.340 e. The second-order valence-electron chi connectivity index (χ2n) is 9.76. The van der Waals surface area contributed by atoms with Crippen LogP contribution < -0.4 is 10.2 Å². The topological polar surface area (TPSA) is 122 Å². The molecule has 13 heteroatoms. The van der Waals surface area contributed by atoms with Crippen molar-refractivity contribution >= 4 is 34.5 Å². The molecule has 2 aliphatic rings. The van der Waals surface area contributed by atoms with Crippen molar-refractivity contribution in [1.29, 1.82) is 0 Å². The first-order valence-corrected chi connectivity index (χ1v) is 12.3. The van der Waals surface area contributed by atoms with Gasteiger partial charge in [-0.05, 0) is 36.2 Å². The van der Waals surface area contributed by atoms with Crippen LogP contribution in [0.2, 0.25) is 0 Å². The molecule has 2 amide bonds. The highest BCUT2D eigenvalue weighted by Crippen LogP contribution is 2.53. The number of fused-ring (bicyclic) bond motifs is 5. The summed E-state index contributed by atoms with van der Waals surface area (Å²) in [6.45, 7) is 1.64. The Bertz CT molecular complexity index is 1860. The summed E-state index contributed by atoms with van der Waals surface area (Å²) >= 11 is 0. The number of hydrogen-bond acceptors (Lipinski definition) is 6. The van der Waals surface area contributed by atoms with Crippen LogP contribution in [0.4, 0.5) is 24.7 Å². The largest absolute Gasteiger partial charge is 0.416 e. The number of carbonyl (C=O) groups is 2. The lowest BCUT2D eigenvalue weighted by Gasteiger charge is -2.33. The van der Waals surface area contributed by atoms with E-state index < -0.39 is 29.0 Å². The number of aryl methyl sites for hydroxylation is 1. The Morgan fingerprint density at radius 2 is 1.88 bits per heavy atom. The minimum absolute atomic E-state index is 0.105. The number of rotatable bonds is 3. The summed E-state index contributed by atoms with van der Waals surface area (Å²) in [6.07, 6.45) is -1.92. The van der Waals surface area contributed by atoms with Crippen molar-refractivity contribution in [3.8, 4) is 5.82 Å². The van der Waals surface area contributed by atoms with E-state index in [0.29, 0.717) is 45.1 Å². The van der Waals surface area contributed by atoms with Gasteiger partial charge in [0.05, 0.1) is 24.1 Å². The van der Waals surface area contributed by atoms with Gasteiger partial charge in [0.1, 0.15) is 23.1 Å². The van der Waals surface area contributed by atoms with Gasteiger partial charge in [-0.15, -0.1) is 0 Å². The van der Waals surface area contributed by atoms with Crippen molar-refractivity contribution < 1.29 is 22.8 Å². The molecule has 1 atom stereocenters. The fraction of sp³-hybridized carbons (Fsp3) is 0.185. The van der Waals surface area contributed by atoms with Crippen molar-refractivity contribution in [2.24, 2.45) is 0 Å². The minimum atomic E-state index is -4.52. The van der Waals surface area contributed by atoms with E-state index in [1.165, 1.54) is 28.3 Å². The standard InChI is InChI=1S/C27H19F3N8O2/c1-14-20-23(38(36-14)24-21-22(32-12-31-21)33-13-34-24)35-19(39)10-26(20)17-7-2-3-8-18(17)37(25(26)40)11-15-5-4-6-16(9-15)27(28,29)30/h2-9,12-13H,10-11H2,1H3,(H,35,39)(H,31,32,33,34). The molecule has 0 bridgehead atoms. The molecule has 3 aromatic heterocycles. The maximum absolute atomic E-state index is 14.4. The van der Waals surface area contributed by atoms with Gasteiger partial charge < -0.3 is 15.2 Å². The summed E-state index contributed by atoms with van der Waals surface area (Å²) in [7, 11) is 0. The first-order valence-electron chi connectivity index (χ1n) is 12.3. The Kier molecular flexibility index (Phi) is 4.93. The highest BCUT2D eigenvalue weighted by atomic mass is 19.4. The summed E-state index contributed by atoms with van der Waals surface area (Å²) in [6, 6.07) is 11.9. The summed E-state index contributed by atoms with van der Waals surface area (Å²) in [5.74, 6) is -0.206. The molecule has 200 valence electrons. The Balaban J connectivity index is 1.40. The normalized spacial score (nSPS) is 18.4. The third-order valence-corrected chi connectivity index (χ3v) is 7.43. The third kappa shape index (κ3) is 3.30. The number of amides is 2. The van der Waals surface area contributed by atoms with Crippen molar-refractivity contribution in [3.63, 3.8) is 0 Å². The predicted octanol–water partition coefficient (Wildman–Crippen LogP) is 4.04. The molecule has 5 heterocycles. The van der Waals surface area contributed by atoms with Gasteiger partial charge in [-0.3, -0.25) is 9.59 Å². The van der Waals surface area contributed by atoms with Crippen LogP contribution in [-0.2, 0) is 27.7 Å². The van der Waals surface area contributed by atoms with E-state index in [0.717, 1.165) is 12.1 Å². The molecular weight excluding hydrogens is 525 g/mol. The van der Waals surface area contributed by atoms with Crippen LogP contribution in [-0.4, -0.2) is 41.5 Å². The van der Waals surface area contributed by atoms with Crippen LogP contribution in [0, 0.1) is 6.92 Å². The quantitative estimate of drug-likeness (QED) is 0.354. The Morgan fingerprint density at radius 3 is 2.70 bits per heavy atom. The predicted molar refractivity (Wildman–Crippen MR) is 137 cm³/mol. The average Bonchev–Trinajstić information content (AvgIpc) is 3.60. The van der Waals surface area contributed by atoms with Crippen molar-refractivity contribution in [2.45, 2.75) is 31.5 Å². The number of imidazole rings is 1. The van der Waals surface area contributed by atoms with E-state index in [-0.39, 0.29) is 18.8 Å². The Morgan fingerprint density at radius 1 is 1.05 bits per heavy atom. The van der Waals surface area contributed by atoms with E-state index >= 15 is 0 Å². The number of aromatic nitrogens is 6. The minimum Gasteiger partial charge on any atom is -0.340 e. The molecule has 7 rings (SSSR count). The number of nitrogens with one attached hydrogen (secondary N) is 2. The Hall–Kier alpha value is -5.07. The summed E-state index contributed by atoms with van der Waals surface area (Å²) in [4.78, 5) is 44.8. The average molecular weight is 544 g/mol. The number of halogens is 3. The van der Waals surface area contributed by atoms with Crippen LogP contribution in [0.15, 0.2) is 61.2 Å². The number of para-hydroxylation sites is 1. The van der Waals surface area contributed by atoms with E-state index in [9.17, 15) is 22.8 Å². The maximum atomic E-state index is 14.4. The fourth-order valence-electron chi connectivity index (χ4n) is 5.85. The summed E-state index contributed by atoms with van der Waals surface area (Å²) in [5.41, 5.74) is 1.07. The van der Waals surface area contributed by atoms with Gasteiger partial charge in [0.15, 0.2) is 11.5 Å². The second-order valence-corrected chi connectivity index (χ2v) is 9.76. The Labute approximate surface area is 223 Å². The number of benzene rings is 2. The number of nitrogens with zero attached hydrogens (tertiary/aromatic N) is 6. The first-order chi connectivity index (χ1) is 19.2. The molecule has 2 aromatic carbocycles. The lowest BCUT2D eigenvalue weighted by Crippen LogP contribution is -2.46. The molecule has 5 aromatic rings. The molecule has 1 unspecified atom stereocenters. The maximum Gasteiger partial charge on any atom is 0.416 e. The van der Waals surface area contributed by atoms with Crippen LogP contribution in [0.5, 0.6) is 0 Å². The van der Waals surface area contributed by atoms with E-state index in [2.05, 4.69) is 30.4 Å². The highest BCUT2D eigenvalue weighted by Gasteiger charge is 2.58. The molecule has 10 nitrogen and oxygen atoms in total. The zero-order valence-electron chi connectivity index (χ0n) is 20.8. The SMILES string of the molecule is Cc1nn(-c2ncnc3nc[nH]c23)c2c1C1(CC(=O)N2)C(=O)N(Cc2cccc(C(F)(F)F)c2)c2ccccc21. The van der Waals surface area contributed by atoms with Gasteiger partial charge in [0.25, 0.3) is 0 Å². The fourth-order valence-corrected chi connectivity index (χ4v) is 5.85. The third-order valence-electron chi connectivity index (χ3n) is 7.43. The summed E-state index contributed by atoms with van der Waals surface area (Å²) < 4.78 is 41.7. The first kappa shape index (κ1) is 24.0. The number of aromatic amines is 1. The van der Waals surface area contributed by atoms with Crippen LogP contribution in [0.25, 0.3) is 17.0 Å². The van der Waals surface area contributed by atoms with E-state index in [4.69, 9.17) is 0 Å². The van der Waals surface area contributed by atoms with Gasteiger partial charge in [-0.25, -0.2) is 15.0 Å². The number of anilines is 2. The number of carbonyl (C=O) groups excluding carboxylic acids is 2. The van der Waals surface area contributed by atoms with Gasteiger partial charge in [0, 0.05) is 17.7 Å². The number of hydrogen-bond donors (Lipinski definition) is 2. The summed E-state index contributed by atoms with van der Waals surface area (Å²) in [5, 5.41) is 7.54. The van der Waals surface area contributed by atoms with E-state index in [1.807, 2.05) is 0 Å². The molecule has 2 aliphatic heterocycles. The number of H-pyrrole nitrogens is 1. The van der Waals surface area contributed by atoms with E-state index in [1.54, 1.807) is 37.3 Å². The van der Waals surface area contributed by atoms with Crippen LogP contribution in [0.1, 0.15) is 34.4 Å². The lowest BCUT2D eigenvalue weighted by atomic mass is 9.70. The molecule has 0 radical (unpaired) electrons. The van der Waals surface area contributed by atoms with Gasteiger partial charge >= 0.3 is 6.18 Å². The molecule has 2 N–H and O–H groups in total. The van der Waals surface area contributed by atoms with Crippen molar-refractivity contribution in [2.75, 3.05) is 10.2 Å². The molecule has 1 spiro atoms. The van der Waals surface area contributed by atoms with Crippen LogP contribution in [0.3, 0.4) is 0 Å².